The molecule has 0 aromatic carbocycles. The zero-order chi connectivity index (χ0) is 5.70. The Labute approximate surface area is 43.2 Å². The van der Waals surface area contributed by atoms with Crippen LogP contribution in [0.2, 0.25) is 0 Å². The van der Waals surface area contributed by atoms with Gasteiger partial charge < -0.3 is 5.11 Å². The van der Waals surface area contributed by atoms with E-state index in [0.29, 0.717) is 6.42 Å². The molecule has 0 saturated carbocycles. The van der Waals surface area contributed by atoms with Crippen LogP contribution in [0, 0.1) is 6.42 Å². The monoisotopic (exact) mass is 101 g/mol. The van der Waals surface area contributed by atoms with Crippen LogP contribution in [0.4, 0.5) is 0 Å². The topological polar surface area (TPSA) is 37.3 Å². The highest BCUT2D eigenvalue weighted by molar-refractivity contribution is 5.66. The molecule has 0 atom stereocenters. The molecule has 0 aromatic rings. The molecule has 1 N–H and O–H groups in total. The normalized spacial score (nSPS) is 8.14. The minimum absolute atomic E-state index is 0.260. The standard InChI is InChI=1S/C5H8O2/c1-2-3-4-5(6)7/h2H,3-4H2,1H3/p+1. The van der Waals surface area contributed by atoms with Gasteiger partial charge in [-0.25, -0.2) is 0 Å². The Bertz CT molecular complexity index is 59.1. The van der Waals surface area contributed by atoms with Crippen LogP contribution in [0.25, 0.3) is 0 Å². The predicted octanol–water partition coefficient (Wildman–Crippen LogP) is 1.08. The van der Waals surface area contributed by atoms with Crippen LogP contribution in [-0.2, 0) is 4.79 Å². The largest absolute Gasteiger partial charge is 0.481 e. The van der Waals surface area contributed by atoms with Crippen molar-refractivity contribution in [1.29, 1.82) is 0 Å². The highest BCUT2D eigenvalue weighted by Gasteiger charge is 1.96. The summed E-state index contributed by atoms with van der Waals surface area (Å²) in [5.74, 6) is -0.724. The molecule has 0 unspecified atom stereocenters. The third-order valence-electron chi connectivity index (χ3n) is 0.647. The molecule has 0 saturated heterocycles. The fourth-order valence-corrected chi connectivity index (χ4v) is 0.268. The number of hydrogen-bond donors (Lipinski definition) is 1. The van der Waals surface area contributed by atoms with Gasteiger partial charge >= 0.3 is 5.97 Å². The maximum Gasteiger partial charge on any atom is 0.307 e. The van der Waals surface area contributed by atoms with Gasteiger partial charge in [-0.15, -0.1) is 0 Å². The van der Waals surface area contributed by atoms with Gasteiger partial charge in [0.15, 0.2) is 0 Å². The van der Waals surface area contributed by atoms with E-state index in [9.17, 15) is 4.79 Å². The molecule has 0 radical (unpaired) electrons. The van der Waals surface area contributed by atoms with Crippen LogP contribution in [0.3, 0.4) is 0 Å². The van der Waals surface area contributed by atoms with E-state index in [-0.39, 0.29) is 6.42 Å². The van der Waals surface area contributed by atoms with Crippen LogP contribution in [0.15, 0.2) is 0 Å². The van der Waals surface area contributed by atoms with E-state index in [2.05, 4.69) is 0 Å². The summed E-state index contributed by atoms with van der Waals surface area (Å²) >= 11 is 0. The second-order valence-electron chi connectivity index (χ2n) is 1.34. The minimum Gasteiger partial charge on any atom is -0.481 e. The van der Waals surface area contributed by atoms with Gasteiger partial charge in [-0.3, -0.25) is 4.79 Å². The average molecular weight is 101 g/mol. The summed E-state index contributed by atoms with van der Waals surface area (Å²) in [5.41, 5.74) is 0. The van der Waals surface area contributed by atoms with Crippen molar-refractivity contribution in [1.82, 2.24) is 0 Å². The van der Waals surface area contributed by atoms with Crippen LogP contribution >= 0.6 is 0 Å². The number of rotatable bonds is 3. The van der Waals surface area contributed by atoms with Crippen LogP contribution in [-0.4, -0.2) is 11.1 Å². The van der Waals surface area contributed by atoms with E-state index >= 15 is 0 Å². The molecule has 0 aliphatic rings. The minimum atomic E-state index is -0.724. The summed E-state index contributed by atoms with van der Waals surface area (Å²) in [5, 5.41) is 8.02. The van der Waals surface area contributed by atoms with Gasteiger partial charge in [0, 0.05) is 0 Å². The van der Waals surface area contributed by atoms with Crippen molar-refractivity contribution in [2.24, 2.45) is 0 Å². The van der Waals surface area contributed by atoms with Gasteiger partial charge in [0.1, 0.15) is 0 Å². The Morgan fingerprint density at radius 1 is 1.86 bits per heavy atom. The molecule has 0 rings (SSSR count). The number of unbranched alkanes of at least 4 members (excludes halogenated alkanes) is 1. The van der Waals surface area contributed by atoms with Crippen LogP contribution in [0.1, 0.15) is 19.8 Å². The van der Waals surface area contributed by atoms with E-state index < -0.39 is 5.97 Å². The van der Waals surface area contributed by atoms with E-state index in [1.165, 1.54) is 0 Å². The van der Waals surface area contributed by atoms with E-state index in [4.69, 9.17) is 5.11 Å². The average Bonchev–Trinajstić information content (AvgIpc) is 1.61. The molecular weight excluding hydrogens is 92.1 g/mol. The molecule has 0 spiro atoms. The number of hydrogen-bond acceptors (Lipinski definition) is 1. The molecule has 0 aliphatic carbocycles. The molecule has 0 heterocycles. The summed E-state index contributed by atoms with van der Waals surface area (Å²) in [6.07, 6.45) is 2.78. The van der Waals surface area contributed by atoms with Gasteiger partial charge in [0.2, 0.25) is 0 Å². The van der Waals surface area contributed by atoms with E-state index in [0.717, 1.165) is 0 Å². The second-order valence-corrected chi connectivity index (χ2v) is 1.34. The smallest absolute Gasteiger partial charge is 0.307 e. The zero-order valence-electron chi connectivity index (χ0n) is 4.35. The van der Waals surface area contributed by atoms with Gasteiger partial charge in [0.25, 0.3) is 0 Å². The quantitative estimate of drug-likeness (QED) is 0.540. The molecule has 0 bridgehead atoms. The summed E-state index contributed by atoms with van der Waals surface area (Å²) in [6, 6.07) is 0. The molecule has 0 fully saturated rings. The second kappa shape index (κ2) is 3.53. The first-order chi connectivity index (χ1) is 3.27. The van der Waals surface area contributed by atoms with Gasteiger partial charge in [0.05, 0.1) is 26.2 Å². The van der Waals surface area contributed by atoms with Crippen LogP contribution in [0.5, 0.6) is 0 Å². The van der Waals surface area contributed by atoms with Gasteiger partial charge in [-0.2, -0.15) is 0 Å². The predicted molar refractivity (Wildman–Crippen MR) is 26.8 cm³/mol. The van der Waals surface area contributed by atoms with Gasteiger partial charge in [-0.1, -0.05) is 0 Å². The first-order valence-electron chi connectivity index (χ1n) is 2.27. The Morgan fingerprint density at radius 2 is 2.43 bits per heavy atom. The van der Waals surface area contributed by atoms with E-state index in [1.54, 1.807) is 0 Å². The fourth-order valence-electron chi connectivity index (χ4n) is 0.268. The van der Waals surface area contributed by atoms with Crippen molar-refractivity contribution in [3.05, 3.63) is 6.42 Å². The number of carboxylic acid groups (broad SMARTS) is 1. The van der Waals surface area contributed by atoms with Crippen molar-refractivity contribution in [3.8, 4) is 0 Å². The van der Waals surface area contributed by atoms with Crippen molar-refractivity contribution in [3.63, 3.8) is 0 Å². The molecule has 40 valence electrons. The lowest BCUT2D eigenvalue weighted by molar-refractivity contribution is -0.136. The Balaban J connectivity index is 2.82. The fraction of sp³-hybridized carbons (Fsp3) is 0.600. The Kier molecular flexibility index (Phi) is 3.19. The maximum atomic E-state index is 9.74. The molecule has 0 aromatic heterocycles. The lowest BCUT2D eigenvalue weighted by atomic mass is 10.3. The summed E-state index contributed by atoms with van der Waals surface area (Å²) in [7, 11) is 0. The number of carbonyl (C=O) groups is 1. The maximum absolute atomic E-state index is 9.74. The first kappa shape index (κ1) is 6.34. The lowest BCUT2D eigenvalue weighted by Gasteiger charge is -1.79. The molecule has 0 amide bonds. The Hall–Kier alpha value is -0.660. The summed E-state index contributed by atoms with van der Waals surface area (Å²) in [4.78, 5) is 9.74. The molecular formula is C5H9O2+. The van der Waals surface area contributed by atoms with Crippen molar-refractivity contribution < 1.29 is 9.90 Å². The SMILES string of the molecule is C[CH+]CCC(=O)O. The van der Waals surface area contributed by atoms with Crippen molar-refractivity contribution >= 4 is 5.97 Å². The molecule has 2 nitrogen and oxygen atoms in total. The highest BCUT2D eigenvalue weighted by Crippen LogP contribution is 1.89. The van der Waals surface area contributed by atoms with Crippen LogP contribution < -0.4 is 0 Å². The summed E-state index contributed by atoms with van der Waals surface area (Å²) < 4.78 is 0. The molecule has 2 heteroatoms. The summed E-state index contributed by atoms with van der Waals surface area (Å²) in [6.45, 7) is 1.85. The zero-order valence-corrected chi connectivity index (χ0v) is 4.35. The van der Waals surface area contributed by atoms with Crippen molar-refractivity contribution in [2.75, 3.05) is 0 Å². The third kappa shape index (κ3) is 5.34. The van der Waals surface area contributed by atoms with E-state index in [1.807, 2.05) is 13.3 Å². The van der Waals surface area contributed by atoms with Crippen molar-refractivity contribution in [2.45, 2.75) is 19.8 Å². The van der Waals surface area contributed by atoms with Gasteiger partial charge in [-0.05, 0) is 0 Å². The third-order valence-corrected chi connectivity index (χ3v) is 0.647. The highest BCUT2D eigenvalue weighted by atomic mass is 16.4. The molecule has 0 aliphatic heterocycles. The number of aliphatic carboxylic acids is 1. The first-order valence-corrected chi connectivity index (χ1v) is 2.27. The number of carboxylic acids is 1. The molecule has 7 heavy (non-hydrogen) atoms. The Morgan fingerprint density at radius 3 is 2.57 bits per heavy atom. The lowest BCUT2D eigenvalue weighted by Crippen LogP contribution is -1.92.